The summed E-state index contributed by atoms with van der Waals surface area (Å²) in [6.07, 6.45) is 4.99. The third kappa shape index (κ3) is 2.32. The molecule has 0 aromatic heterocycles. The molecule has 1 aliphatic heterocycles. The highest BCUT2D eigenvalue weighted by atomic mass is 19.1. The Labute approximate surface area is 113 Å². The van der Waals surface area contributed by atoms with Gasteiger partial charge in [0, 0.05) is 18.1 Å². The van der Waals surface area contributed by atoms with E-state index in [9.17, 15) is 9.18 Å². The van der Waals surface area contributed by atoms with E-state index >= 15 is 0 Å². The Kier molecular flexibility index (Phi) is 3.17. The van der Waals surface area contributed by atoms with Crippen LogP contribution in [0.3, 0.4) is 0 Å². The van der Waals surface area contributed by atoms with Crippen LogP contribution in [0.15, 0.2) is 18.2 Å². The molecule has 0 amide bonds. The van der Waals surface area contributed by atoms with Crippen molar-refractivity contribution in [3.05, 3.63) is 35.1 Å². The summed E-state index contributed by atoms with van der Waals surface area (Å²) in [5.41, 5.74) is 1.16. The summed E-state index contributed by atoms with van der Waals surface area (Å²) < 4.78 is 19.1. The van der Waals surface area contributed by atoms with Crippen molar-refractivity contribution in [3.63, 3.8) is 0 Å². The molecule has 102 valence electrons. The van der Waals surface area contributed by atoms with E-state index in [2.05, 4.69) is 0 Å². The fourth-order valence-corrected chi connectivity index (χ4v) is 3.20. The van der Waals surface area contributed by atoms with E-state index in [1.807, 2.05) is 0 Å². The average Bonchev–Trinajstić information content (AvgIpc) is 2.39. The summed E-state index contributed by atoms with van der Waals surface area (Å²) >= 11 is 0. The zero-order valence-corrected chi connectivity index (χ0v) is 11.2. The molecule has 1 aliphatic carbocycles. The third-order valence-electron chi connectivity index (χ3n) is 4.57. The number of ether oxygens (including phenoxy) is 1. The summed E-state index contributed by atoms with van der Waals surface area (Å²) in [5.74, 6) is -0.0597. The summed E-state index contributed by atoms with van der Waals surface area (Å²) in [5, 5.41) is 0. The molecule has 0 bridgehead atoms. The first-order valence-electron chi connectivity index (χ1n) is 7.04. The molecule has 1 saturated carbocycles. The number of carbonyl (C=O) groups is 1. The van der Waals surface area contributed by atoms with Gasteiger partial charge < -0.3 is 4.74 Å². The number of hydrogen-bond donors (Lipinski definition) is 0. The van der Waals surface area contributed by atoms with Crippen molar-refractivity contribution in [1.82, 2.24) is 0 Å². The van der Waals surface area contributed by atoms with E-state index in [0.29, 0.717) is 17.7 Å². The maximum Gasteiger partial charge on any atom is 0.166 e. The minimum absolute atomic E-state index is 0.0202. The molecule has 1 unspecified atom stereocenters. The van der Waals surface area contributed by atoms with Gasteiger partial charge in [0.25, 0.3) is 0 Å². The van der Waals surface area contributed by atoms with E-state index in [1.165, 1.54) is 12.5 Å². The zero-order chi connectivity index (χ0) is 13.5. The number of hydrogen-bond acceptors (Lipinski definition) is 2. The Morgan fingerprint density at radius 2 is 2.21 bits per heavy atom. The van der Waals surface area contributed by atoms with Gasteiger partial charge in [0.1, 0.15) is 5.82 Å². The second-order valence-electron chi connectivity index (χ2n) is 5.90. The summed E-state index contributed by atoms with van der Waals surface area (Å²) in [6, 6.07) is 4.66. The molecule has 2 fully saturated rings. The van der Waals surface area contributed by atoms with Crippen molar-refractivity contribution in [3.8, 4) is 0 Å². The molecule has 1 aromatic carbocycles. The lowest BCUT2D eigenvalue weighted by Crippen LogP contribution is -2.47. The lowest BCUT2D eigenvalue weighted by Gasteiger charge is -2.46. The molecule has 2 nitrogen and oxygen atoms in total. The molecule has 1 saturated heterocycles. The van der Waals surface area contributed by atoms with Gasteiger partial charge in [0.15, 0.2) is 5.78 Å². The summed E-state index contributed by atoms with van der Waals surface area (Å²) in [6.45, 7) is 2.38. The molecule has 0 radical (unpaired) electrons. The smallest absolute Gasteiger partial charge is 0.166 e. The largest absolute Gasteiger partial charge is 0.375 e. The van der Waals surface area contributed by atoms with Crippen LogP contribution in [0.4, 0.5) is 4.39 Å². The summed E-state index contributed by atoms with van der Waals surface area (Å²) in [7, 11) is 0. The Hall–Kier alpha value is -1.22. The maximum absolute atomic E-state index is 13.3. The molecule has 3 rings (SSSR count). The Bertz CT molecular complexity index is 505. The van der Waals surface area contributed by atoms with Gasteiger partial charge in [-0.15, -0.1) is 0 Å². The minimum atomic E-state index is -0.251. The van der Waals surface area contributed by atoms with Crippen molar-refractivity contribution in [2.45, 2.75) is 44.6 Å². The predicted molar refractivity (Wildman–Crippen MR) is 70.7 cm³/mol. The highest BCUT2D eigenvalue weighted by molar-refractivity contribution is 5.98. The van der Waals surface area contributed by atoms with Crippen molar-refractivity contribution >= 4 is 5.78 Å². The fourth-order valence-electron chi connectivity index (χ4n) is 3.20. The molecule has 0 N–H and O–H groups in total. The fraction of sp³-hybridized carbons (Fsp3) is 0.562. The number of halogens is 1. The quantitative estimate of drug-likeness (QED) is 0.760. The number of rotatable bonds is 2. The Balaban J connectivity index is 1.77. The van der Waals surface area contributed by atoms with Gasteiger partial charge in [0.2, 0.25) is 0 Å². The zero-order valence-electron chi connectivity index (χ0n) is 11.2. The van der Waals surface area contributed by atoms with Crippen molar-refractivity contribution in [2.75, 3.05) is 6.61 Å². The van der Waals surface area contributed by atoms with E-state index in [1.54, 1.807) is 19.1 Å². The number of ketones is 1. The Morgan fingerprint density at radius 1 is 1.42 bits per heavy atom. The first kappa shape index (κ1) is 12.8. The highest BCUT2D eigenvalue weighted by Gasteiger charge is 2.44. The Morgan fingerprint density at radius 3 is 2.84 bits per heavy atom. The van der Waals surface area contributed by atoms with Crippen molar-refractivity contribution < 1.29 is 13.9 Å². The van der Waals surface area contributed by atoms with Crippen molar-refractivity contribution in [1.29, 1.82) is 0 Å². The standard InChI is InChI=1S/C16H19FO2/c1-11-9-12(3-4-14(11)17)15(18)13-5-8-19-16(10-13)6-2-7-16/h3-4,9,13H,2,5-8,10H2,1H3. The second kappa shape index (κ2) is 4.71. The van der Waals surface area contributed by atoms with Gasteiger partial charge >= 0.3 is 0 Å². The van der Waals surface area contributed by atoms with Crippen LogP contribution in [0.5, 0.6) is 0 Å². The van der Waals surface area contributed by atoms with Gasteiger partial charge in [0.05, 0.1) is 5.60 Å². The van der Waals surface area contributed by atoms with Gasteiger partial charge in [-0.25, -0.2) is 4.39 Å². The van der Waals surface area contributed by atoms with Crippen LogP contribution in [0.25, 0.3) is 0 Å². The van der Waals surface area contributed by atoms with Crippen molar-refractivity contribution in [2.24, 2.45) is 5.92 Å². The van der Waals surface area contributed by atoms with Crippen LogP contribution in [0.1, 0.15) is 48.0 Å². The molecule has 1 heterocycles. The first-order chi connectivity index (χ1) is 9.10. The van der Waals surface area contributed by atoms with E-state index in [4.69, 9.17) is 4.74 Å². The molecular weight excluding hydrogens is 243 g/mol. The molecular formula is C16H19FO2. The van der Waals surface area contributed by atoms with Crippen LogP contribution in [-0.4, -0.2) is 18.0 Å². The lowest BCUT2D eigenvalue weighted by molar-refractivity contribution is -0.137. The van der Waals surface area contributed by atoms with Crippen LogP contribution < -0.4 is 0 Å². The minimum Gasteiger partial charge on any atom is -0.375 e. The SMILES string of the molecule is Cc1cc(C(=O)C2CCOC3(CCC3)C2)ccc1F. The maximum atomic E-state index is 13.3. The average molecular weight is 262 g/mol. The lowest BCUT2D eigenvalue weighted by atomic mass is 9.70. The van der Waals surface area contributed by atoms with E-state index in [-0.39, 0.29) is 23.1 Å². The topological polar surface area (TPSA) is 26.3 Å². The number of Topliss-reactive ketones (excluding diaryl/α,β-unsaturated/α-hetero) is 1. The molecule has 19 heavy (non-hydrogen) atoms. The van der Waals surface area contributed by atoms with Crippen LogP contribution in [-0.2, 0) is 4.74 Å². The van der Waals surface area contributed by atoms with E-state index < -0.39 is 0 Å². The normalized spacial score (nSPS) is 25.1. The van der Waals surface area contributed by atoms with Crippen LogP contribution >= 0.6 is 0 Å². The third-order valence-corrected chi connectivity index (χ3v) is 4.57. The van der Waals surface area contributed by atoms with E-state index in [0.717, 1.165) is 25.7 Å². The van der Waals surface area contributed by atoms with Gasteiger partial charge in [-0.3, -0.25) is 4.79 Å². The predicted octanol–water partition coefficient (Wildman–Crippen LogP) is 3.67. The first-order valence-corrected chi connectivity index (χ1v) is 7.04. The molecule has 1 spiro atoms. The van der Waals surface area contributed by atoms with Gasteiger partial charge in [-0.1, -0.05) is 0 Å². The molecule has 1 aromatic rings. The number of benzene rings is 1. The molecule has 1 atom stereocenters. The molecule has 3 heteroatoms. The summed E-state index contributed by atoms with van der Waals surface area (Å²) in [4.78, 5) is 12.5. The number of aryl methyl sites for hydroxylation is 1. The monoisotopic (exact) mass is 262 g/mol. The van der Waals surface area contributed by atoms with Gasteiger partial charge in [-0.2, -0.15) is 0 Å². The van der Waals surface area contributed by atoms with Crippen LogP contribution in [0, 0.1) is 18.7 Å². The van der Waals surface area contributed by atoms with Gasteiger partial charge in [-0.05, 0) is 62.8 Å². The molecule has 2 aliphatic rings. The van der Waals surface area contributed by atoms with Crippen LogP contribution in [0.2, 0.25) is 0 Å². The second-order valence-corrected chi connectivity index (χ2v) is 5.90. The number of carbonyl (C=O) groups excluding carboxylic acids is 1. The highest BCUT2D eigenvalue weighted by Crippen LogP contribution is 2.44.